The summed E-state index contributed by atoms with van der Waals surface area (Å²) in [5.41, 5.74) is 4.59. The van der Waals surface area contributed by atoms with Gasteiger partial charge in [0.15, 0.2) is 0 Å². The number of rotatable bonds is 4. The predicted octanol–water partition coefficient (Wildman–Crippen LogP) is 4.03. The maximum atomic E-state index is 12.9. The number of aryl methyl sites for hydroxylation is 1. The number of amides is 1. The van der Waals surface area contributed by atoms with Crippen molar-refractivity contribution >= 4 is 17.3 Å². The van der Waals surface area contributed by atoms with E-state index in [1.807, 2.05) is 42.2 Å². The van der Waals surface area contributed by atoms with Gasteiger partial charge in [0.05, 0.1) is 0 Å². The van der Waals surface area contributed by atoms with Gasteiger partial charge in [0.25, 0.3) is 0 Å². The molecule has 1 N–H and O–H groups in total. The lowest BCUT2D eigenvalue weighted by molar-refractivity contribution is -0.119. The molecule has 2 aromatic rings. The lowest BCUT2D eigenvalue weighted by Crippen LogP contribution is -2.44. The van der Waals surface area contributed by atoms with E-state index < -0.39 is 0 Å². The first kappa shape index (κ1) is 15.6. The van der Waals surface area contributed by atoms with Gasteiger partial charge in [-0.2, -0.15) is 0 Å². The molecule has 120 valence electrons. The third kappa shape index (κ3) is 3.09. The van der Waals surface area contributed by atoms with Crippen LogP contribution in [0, 0.1) is 0 Å². The average Bonchev–Trinajstić information content (AvgIpc) is 2.90. The summed E-state index contributed by atoms with van der Waals surface area (Å²) in [7, 11) is 0. The number of nitrogens with zero attached hydrogens (tertiary/aromatic N) is 1. The van der Waals surface area contributed by atoms with E-state index in [0.29, 0.717) is 0 Å². The van der Waals surface area contributed by atoms with Gasteiger partial charge in [0.1, 0.15) is 6.04 Å². The molecule has 23 heavy (non-hydrogen) atoms. The van der Waals surface area contributed by atoms with Gasteiger partial charge in [-0.25, -0.2) is 0 Å². The third-order valence-corrected chi connectivity index (χ3v) is 4.53. The van der Waals surface area contributed by atoms with E-state index in [1.165, 1.54) is 11.1 Å². The number of para-hydroxylation sites is 1. The molecule has 3 heteroatoms. The normalized spacial score (nSPS) is 17.7. The maximum absolute atomic E-state index is 12.9. The lowest BCUT2D eigenvalue weighted by atomic mass is 10.1. The fourth-order valence-corrected chi connectivity index (χ4v) is 3.30. The smallest absolute Gasteiger partial charge is 0.249 e. The van der Waals surface area contributed by atoms with Crippen LogP contribution >= 0.6 is 0 Å². The Morgan fingerprint density at radius 2 is 2.04 bits per heavy atom. The molecule has 0 spiro atoms. The van der Waals surface area contributed by atoms with Crippen LogP contribution in [0.3, 0.4) is 0 Å². The van der Waals surface area contributed by atoms with Crippen molar-refractivity contribution in [3.8, 4) is 0 Å². The summed E-state index contributed by atoms with van der Waals surface area (Å²) >= 11 is 0. The number of hydrogen-bond donors (Lipinski definition) is 1. The second kappa shape index (κ2) is 6.45. The van der Waals surface area contributed by atoms with Crippen molar-refractivity contribution in [1.82, 2.24) is 0 Å². The molecular weight excluding hydrogens is 284 g/mol. The van der Waals surface area contributed by atoms with Crippen molar-refractivity contribution < 1.29 is 4.79 Å². The van der Waals surface area contributed by atoms with E-state index >= 15 is 0 Å². The minimum atomic E-state index is -0.254. The van der Waals surface area contributed by atoms with E-state index in [2.05, 4.69) is 37.4 Å². The van der Waals surface area contributed by atoms with Crippen LogP contribution in [0.25, 0.3) is 0 Å². The van der Waals surface area contributed by atoms with Gasteiger partial charge in [0, 0.05) is 17.4 Å². The van der Waals surface area contributed by atoms with E-state index in [0.717, 1.165) is 24.2 Å². The van der Waals surface area contributed by atoms with Crippen LogP contribution < -0.4 is 10.2 Å². The zero-order valence-electron chi connectivity index (χ0n) is 14.0. The summed E-state index contributed by atoms with van der Waals surface area (Å²) < 4.78 is 0. The molecule has 0 fully saturated rings. The molecule has 0 aliphatic carbocycles. The summed E-state index contributed by atoms with van der Waals surface area (Å²) in [5.74, 6) is 0.129. The lowest BCUT2D eigenvalue weighted by Gasteiger charge is -2.27. The van der Waals surface area contributed by atoms with Crippen molar-refractivity contribution in [3.05, 3.63) is 59.7 Å². The first-order chi connectivity index (χ1) is 11.1. The van der Waals surface area contributed by atoms with Crippen molar-refractivity contribution in [1.29, 1.82) is 0 Å². The Kier molecular flexibility index (Phi) is 4.37. The van der Waals surface area contributed by atoms with Crippen LogP contribution in [0.1, 0.15) is 31.9 Å². The van der Waals surface area contributed by atoms with Gasteiger partial charge in [-0.15, -0.1) is 0 Å². The number of carbonyl (C=O) groups excluding carboxylic acids is 1. The van der Waals surface area contributed by atoms with E-state index in [-0.39, 0.29) is 18.0 Å². The van der Waals surface area contributed by atoms with Gasteiger partial charge in [-0.1, -0.05) is 37.3 Å². The minimum Gasteiger partial charge on any atom is -0.374 e. The summed E-state index contributed by atoms with van der Waals surface area (Å²) in [4.78, 5) is 14.9. The molecule has 0 bridgehead atoms. The summed E-state index contributed by atoms with van der Waals surface area (Å²) in [6.07, 6.45) is 1.92. The second-order valence-electron chi connectivity index (χ2n) is 6.31. The zero-order valence-corrected chi connectivity index (χ0v) is 14.0. The molecule has 1 heterocycles. The molecule has 0 aromatic heterocycles. The van der Waals surface area contributed by atoms with Crippen LogP contribution in [-0.4, -0.2) is 18.0 Å². The number of anilines is 2. The Hall–Kier alpha value is -2.29. The number of hydrogen-bond acceptors (Lipinski definition) is 2. The summed E-state index contributed by atoms with van der Waals surface area (Å²) in [6.45, 7) is 6.19. The van der Waals surface area contributed by atoms with E-state index in [1.54, 1.807) is 0 Å². The SMILES string of the molecule is CCc1cccc(NC(C)C(=O)N2c3ccccc3CC2C)c1. The highest BCUT2D eigenvalue weighted by Crippen LogP contribution is 2.32. The molecule has 2 atom stereocenters. The molecule has 0 radical (unpaired) electrons. The molecular formula is C20H24N2O. The van der Waals surface area contributed by atoms with Gasteiger partial charge < -0.3 is 10.2 Å². The molecule has 1 amide bonds. The van der Waals surface area contributed by atoms with Crippen LogP contribution in [0.15, 0.2) is 48.5 Å². The van der Waals surface area contributed by atoms with Gasteiger partial charge >= 0.3 is 0 Å². The van der Waals surface area contributed by atoms with Gasteiger partial charge in [-0.05, 0) is 56.0 Å². The maximum Gasteiger partial charge on any atom is 0.249 e. The summed E-state index contributed by atoms with van der Waals surface area (Å²) in [6, 6.07) is 16.4. The number of carbonyl (C=O) groups is 1. The molecule has 2 aromatic carbocycles. The first-order valence-corrected chi connectivity index (χ1v) is 8.36. The van der Waals surface area contributed by atoms with E-state index in [9.17, 15) is 4.79 Å². The number of benzene rings is 2. The highest BCUT2D eigenvalue weighted by molar-refractivity contribution is 6.00. The quantitative estimate of drug-likeness (QED) is 0.925. The zero-order chi connectivity index (χ0) is 16.4. The number of nitrogens with one attached hydrogen (secondary N) is 1. The Balaban J connectivity index is 1.77. The Labute approximate surface area is 138 Å². The fraction of sp³-hybridized carbons (Fsp3) is 0.350. The second-order valence-corrected chi connectivity index (χ2v) is 6.31. The highest BCUT2D eigenvalue weighted by atomic mass is 16.2. The first-order valence-electron chi connectivity index (χ1n) is 8.36. The van der Waals surface area contributed by atoms with Gasteiger partial charge in [-0.3, -0.25) is 4.79 Å². The Morgan fingerprint density at radius 1 is 1.26 bits per heavy atom. The topological polar surface area (TPSA) is 32.3 Å². The highest BCUT2D eigenvalue weighted by Gasteiger charge is 2.32. The van der Waals surface area contributed by atoms with Crippen LogP contribution in [0.5, 0.6) is 0 Å². The predicted molar refractivity (Wildman–Crippen MR) is 96.0 cm³/mol. The van der Waals surface area contributed by atoms with E-state index in [4.69, 9.17) is 0 Å². The fourth-order valence-electron chi connectivity index (χ4n) is 3.30. The van der Waals surface area contributed by atoms with Gasteiger partial charge in [0.2, 0.25) is 5.91 Å². The molecule has 2 unspecified atom stereocenters. The third-order valence-electron chi connectivity index (χ3n) is 4.53. The monoisotopic (exact) mass is 308 g/mol. The molecule has 1 aliphatic rings. The largest absolute Gasteiger partial charge is 0.374 e. The molecule has 3 rings (SSSR count). The standard InChI is InChI=1S/C20H24N2O/c1-4-16-8-7-10-18(13-16)21-15(3)20(23)22-14(2)12-17-9-5-6-11-19(17)22/h5-11,13-15,21H,4,12H2,1-3H3. The molecule has 3 nitrogen and oxygen atoms in total. The van der Waals surface area contributed by atoms with Crippen LogP contribution in [0.4, 0.5) is 11.4 Å². The Bertz CT molecular complexity index is 710. The van der Waals surface area contributed by atoms with Crippen molar-refractivity contribution in [2.24, 2.45) is 0 Å². The molecule has 0 saturated heterocycles. The van der Waals surface area contributed by atoms with Crippen LogP contribution in [-0.2, 0) is 17.6 Å². The Morgan fingerprint density at radius 3 is 2.83 bits per heavy atom. The summed E-state index contributed by atoms with van der Waals surface area (Å²) in [5, 5.41) is 3.35. The van der Waals surface area contributed by atoms with Crippen molar-refractivity contribution in [2.75, 3.05) is 10.2 Å². The average molecular weight is 308 g/mol. The van der Waals surface area contributed by atoms with Crippen molar-refractivity contribution in [2.45, 2.75) is 45.7 Å². The van der Waals surface area contributed by atoms with Crippen molar-refractivity contribution in [3.63, 3.8) is 0 Å². The number of fused-ring (bicyclic) bond motifs is 1. The molecule has 1 aliphatic heterocycles. The minimum absolute atomic E-state index is 0.129. The van der Waals surface area contributed by atoms with Crippen LogP contribution in [0.2, 0.25) is 0 Å². The molecule has 0 saturated carbocycles.